The fourth-order valence-corrected chi connectivity index (χ4v) is 3.24. The number of hydrogen-bond acceptors (Lipinski definition) is 2. The molecule has 0 saturated heterocycles. The molecule has 17 heavy (non-hydrogen) atoms. The maximum absolute atomic E-state index is 12.3. The molecule has 0 radical (unpaired) electrons. The average molecular weight is 237 g/mol. The topological polar surface area (TPSA) is 57.6 Å². The van der Waals surface area contributed by atoms with Crippen LogP contribution in [0.15, 0.2) is 12.2 Å². The largest absolute Gasteiger partial charge is 0.481 e. The Hall–Kier alpha value is -1.32. The third-order valence-electron chi connectivity index (χ3n) is 4.10. The van der Waals surface area contributed by atoms with Gasteiger partial charge < -0.3 is 10.0 Å². The van der Waals surface area contributed by atoms with Crippen LogP contribution in [-0.2, 0) is 9.59 Å². The fourth-order valence-electron chi connectivity index (χ4n) is 3.24. The molecule has 2 aliphatic rings. The van der Waals surface area contributed by atoms with E-state index in [-0.39, 0.29) is 23.7 Å². The van der Waals surface area contributed by atoms with Gasteiger partial charge in [-0.05, 0) is 32.1 Å². The van der Waals surface area contributed by atoms with E-state index in [1.807, 2.05) is 26.0 Å². The number of nitrogens with zero attached hydrogens (tertiary/aromatic N) is 1. The van der Waals surface area contributed by atoms with Gasteiger partial charge in [-0.2, -0.15) is 0 Å². The molecule has 2 aliphatic carbocycles. The van der Waals surface area contributed by atoms with Crippen LogP contribution in [0.3, 0.4) is 0 Å². The summed E-state index contributed by atoms with van der Waals surface area (Å²) in [6, 6.07) is 0. The van der Waals surface area contributed by atoms with Crippen LogP contribution in [0.2, 0.25) is 0 Å². The van der Waals surface area contributed by atoms with E-state index in [9.17, 15) is 14.7 Å². The zero-order valence-corrected chi connectivity index (χ0v) is 10.3. The lowest BCUT2D eigenvalue weighted by Crippen LogP contribution is -2.42. The van der Waals surface area contributed by atoms with Gasteiger partial charge in [0.15, 0.2) is 0 Å². The molecule has 94 valence electrons. The molecule has 0 aliphatic heterocycles. The zero-order chi connectivity index (χ0) is 12.6. The summed E-state index contributed by atoms with van der Waals surface area (Å²) in [7, 11) is 0. The minimum Gasteiger partial charge on any atom is -0.481 e. The number of allylic oxidation sites excluding steroid dienone is 2. The monoisotopic (exact) mass is 237 g/mol. The first-order chi connectivity index (χ1) is 8.10. The molecular formula is C13H19NO3. The van der Waals surface area contributed by atoms with Gasteiger partial charge in [0.1, 0.15) is 0 Å². The lowest BCUT2D eigenvalue weighted by Gasteiger charge is -2.29. The lowest BCUT2D eigenvalue weighted by atomic mass is 9.82. The highest BCUT2D eigenvalue weighted by Crippen LogP contribution is 2.48. The number of carbonyl (C=O) groups is 2. The van der Waals surface area contributed by atoms with E-state index in [2.05, 4.69) is 0 Å². The van der Waals surface area contributed by atoms with Crippen LogP contribution in [0.4, 0.5) is 0 Å². The molecule has 0 aromatic carbocycles. The van der Waals surface area contributed by atoms with E-state index in [1.54, 1.807) is 4.90 Å². The van der Waals surface area contributed by atoms with E-state index in [0.29, 0.717) is 13.1 Å². The van der Waals surface area contributed by atoms with Crippen LogP contribution in [0.5, 0.6) is 0 Å². The Morgan fingerprint density at radius 1 is 1.18 bits per heavy atom. The maximum atomic E-state index is 12.3. The minimum absolute atomic E-state index is 0.0132. The molecule has 1 N–H and O–H groups in total. The van der Waals surface area contributed by atoms with E-state index in [1.165, 1.54) is 0 Å². The van der Waals surface area contributed by atoms with Crippen molar-refractivity contribution in [2.24, 2.45) is 23.7 Å². The van der Waals surface area contributed by atoms with Crippen LogP contribution < -0.4 is 0 Å². The highest BCUT2D eigenvalue weighted by atomic mass is 16.4. The molecule has 4 heteroatoms. The summed E-state index contributed by atoms with van der Waals surface area (Å²) in [6.45, 7) is 5.17. The highest BCUT2D eigenvalue weighted by molar-refractivity contribution is 5.86. The van der Waals surface area contributed by atoms with Gasteiger partial charge in [-0.1, -0.05) is 12.2 Å². The summed E-state index contributed by atoms with van der Waals surface area (Å²) < 4.78 is 0. The number of aliphatic carboxylic acids is 1. The SMILES string of the molecule is CCN(CC)C(=O)[C@@H]1[C@H](C(=O)O)[C@H]2C=C[C@H]1C2. The quantitative estimate of drug-likeness (QED) is 0.751. The molecule has 0 heterocycles. The number of carboxylic acids is 1. The third kappa shape index (κ3) is 1.85. The van der Waals surface area contributed by atoms with Crippen molar-refractivity contribution in [3.63, 3.8) is 0 Å². The normalized spacial score (nSPS) is 34.0. The number of carbonyl (C=O) groups excluding carboxylic acids is 1. The first-order valence-corrected chi connectivity index (χ1v) is 6.30. The zero-order valence-electron chi connectivity index (χ0n) is 10.3. The number of rotatable bonds is 4. The second-order valence-electron chi connectivity index (χ2n) is 4.85. The number of hydrogen-bond donors (Lipinski definition) is 1. The van der Waals surface area contributed by atoms with Crippen molar-refractivity contribution in [2.45, 2.75) is 20.3 Å². The van der Waals surface area contributed by atoms with E-state index in [0.717, 1.165) is 6.42 Å². The van der Waals surface area contributed by atoms with Crippen molar-refractivity contribution in [3.8, 4) is 0 Å². The van der Waals surface area contributed by atoms with Gasteiger partial charge >= 0.3 is 5.97 Å². The summed E-state index contributed by atoms with van der Waals surface area (Å²) in [4.78, 5) is 25.4. The summed E-state index contributed by atoms with van der Waals surface area (Å²) in [5.41, 5.74) is 0. The van der Waals surface area contributed by atoms with E-state index < -0.39 is 11.9 Å². The molecule has 1 amide bonds. The first kappa shape index (κ1) is 12.1. The Labute approximate surface area is 101 Å². The molecular weight excluding hydrogens is 218 g/mol. The fraction of sp³-hybridized carbons (Fsp3) is 0.692. The third-order valence-corrected chi connectivity index (χ3v) is 4.10. The molecule has 2 rings (SSSR count). The molecule has 0 unspecified atom stereocenters. The van der Waals surface area contributed by atoms with E-state index in [4.69, 9.17) is 0 Å². The van der Waals surface area contributed by atoms with Gasteiger partial charge in [-0.3, -0.25) is 9.59 Å². The van der Waals surface area contributed by atoms with Gasteiger partial charge in [0.2, 0.25) is 5.91 Å². The standard InChI is InChI=1S/C13H19NO3/c1-3-14(4-2)12(15)10-8-5-6-9(7-8)11(10)13(16)17/h5-6,8-11H,3-4,7H2,1-2H3,(H,16,17)/t8-,9-,10-,11+/m0/s1. The molecule has 4 nitrogen and oxygen atoms in total. The van der Waals surface area contributed by atoms with Crippen molar-refractivity contribution in [1.29, 1.82) is 0 Å². The highest BCUT2D eigenvalue weighted by Gasteiger charge is 2.52. The summed E-state index contributed by atoms with van der Waals surface area (Å²) >= 11 is 0. The van der Waals surface area contributed by atoms with E-state index >= 15 is 0 Å². The molecule has 1 saturated carbocycles. The van der Waals surface area contributed by atoms with Gasteiger partial charge in [0.25, 0.3) is 0 Å². The second kappa shape index (κ2) is 4.51. The molecule has 0 spiro atoms. The number of amides is 1. The second-order valence-corrected chi connectivity index (χ2v) is 4.85. The Kier molecular flexibility index (Phi) is 3.22. The number of carboxylic acid groups (broad SMARTS) is 1. The van der Waals surface area contributed by atoms with Crippen molar-refractivity contribution in [2.75, 3.05) is 13.1 Å². The van der Waals surface area contributed by atoms with Gasteiger partial charge in [0.05, 0.1) is 11.8 Å². The molecule has 0 aromatic rings. The van der Waals surface area contributed by atoms with Crippen LogP contribution in [-0.4, -0.2) is 35.0 Å². The molecule has 4 atom stereocenters. The first-order valence-electron chi connectivity index (χ1n) is 6.30. The Bertz CT molecular complexity index is 360. The van der Waals surface area contributed by atoms with Crippen molar-refractivity contribution >= 4 is 11.9 Å². The summed E-state index contributed by atoms with van der Waals surface area (Å²) in [5, 5.41) is 9.28. The minimum atomic E-state index is -0.827. The van der Waals surface area contributed by atoms with Gasteiger partial charge in [0, 0.05) is 13.1 Å². The van der Waals surface area contributed by atoms with Crippen LogP contribution in [0.1, 0.15) is 20.3 Å². The number of fused-ring (bicyclic) bond motifs is 2. The van der Waals surface area contributed by atoms with Crippen LogP contribution >= 0.6 is 0 Å². The van der Waals surface area contributed by atoms with Crippen LogP contribution in [0, 0.1) is 23.7 Å². The molecule has 0 aromatic heterocycles. The molecule has 2 bridgehead atoms. The predicted octanol–water partition coefficient (Wildman–Crippen LogP) is 1.38. The predicted molar refractivity (Wildman–Crippen MR) is 63.3 cm³/mol. The van der Waals surface area contributed by atoms with Gasteiger partial charge in [-0.15, -0.1) is 0 Å². The van der Waals surface area contributed by atoms with Crippen molar-refractivity contribution < 1.29 is 14.7 Å². The van der Waals surface area contributed by atoms with Crippen molar-refractivity contribution in [3.05, 3.63) is 12.2 Å². The Morgan fingerprint density at radius 3 is 2.18 bits per heavy atom. The Morgan fingerprint density at radius 2 is 1.71 bits per heavy atom. The summed E-state index contributed by atoms with van der Waals surface area (Å²) in [6.07, 6.45) is 4.82. The van der Waals surface area contributed by atoms with Gasteiger partial charge in [-0.25, -0.2) is 0 Å². The van der Waals surface area contributed by atoms with Crippen LogP contribution in [0.25, 0.3) is 0 Å². The molecule has 1 fully saturated rings. The summed E-state index contributed by atoms with van der Waals surface area (Å²) in [5.74, 6) is -1.48. The van der Waals surface area contributed by atoms with Crippen molar-refractivity contribution in [1.82, 2.24) is 4.90 Å². The maximum Gasteiger partial charge on any atom is 0.307 e. The smallest absolute Gasteiger partial charge is 0.307 e. The Balaban J connectivity index is 2.22. The average Bonchev–Trinajstić information content (AvgIpc) is 2.89. The lowest BCUT2D eigenvalue weighted by molar-refractivity contribution is -0.150.